The zero-order valence-electron chi connectivity index (χ0n) is 22.3. The van der Waals surface area contributed by atoms with Crippen LogP contribution in [0, 0.1) is 11.8 Å². The molecular formula is C31H40O7. The highest BCUT2D eigenvalue weighted by molar-refractivity contribution is 5.91. The first-order valence-corrected chi connectivity index (χ1v) is 14.2. The molecule has 1 heterocycles. The Kier molecular flexibility index (Phi) is 9.20. The summed E-state index contributed by atoms with van der Waals surface area (Å²) in [7, 11) is 0. The van der Waals surface area contributed by atoms with Gasteiger partial charge in [-0.2, -0.15) is 0 Å². The van der Waals surface area contributed by atoms with E-state index in [1.807, 2.05) is 12.1 Å². The van der Waals surface area contributed by atoms with Crippen LogP contribution in [0.2, 0.25) is 0 Å². The molecule has 2 saturated carbocycles. The third-order valence-electron chi connectivity index (χ3n) is 7.85. The van der Waals surface area contributed by atoms with Crippen molar-refractivity contribution in [2.75, 3.05) is 13.2 Å². The summed E-state index contributed by atoms with van der Waals surface area (Å²) in [5, 5.41) is 9.64. The zero-order chi connectivity index (χ0) is 26.3. The van der Waals surface area contributed by atoms with Gasteiger partial charge >= 0.3 is 5.97 Å². The van der Waals surface area contributed by atoms with Crippen LogP contribution >= 0.6 is 0 Å². The number of aliphatic hydroxyl groups excluding tert-OH is 1. The standard InChI is InChI=1S/C31H40O7/c1-2-3-30(35-20-22-6-17-28-29(18-22)38-28)36-26-11-7-23(8-12-26)31(33)37-27-15-13-25(14-16-27)34-19-21-4-9-24(32)10-5-21/h7-8,11-16,21-22,24,28-30,32H,2-6,9-10,17-20H2,1H3. The predicted octanol–water partition coefficient (Wildman–Crippen LogP) is 5.92. The number of esters is 1. The van der Waals surface area contributed by atoms with Gasteiger partial charge < -0.3 is 28.8 Å². The Morgan fingerprint density at radius 2 is 1.55 bits per heavy atom. The van der Waals surface area contributed by atoms with Crippen LogP contribution in [0.4, 0.5) is 0 Å². The molecule has 3 aliphatic rings. The van der Waals surface area contributed by atoms with Crippen LogP contribution in [0.1, 0.15) is 75.1 Å². The topological polar surface area (TPSA) is 86.8 Å². The Balaban J connectivity index is 1.06. The highest BCUT2D eigenvalue weighted by Crippen LogP contribution is 2.39. The quantitative estimate of drug-likeness (QED) is 0.159. The third kappa shape index (κ3) is 7.71. The predicted molar refractivity (Wildman–Crippen MR) is 143 cm³/mol. The van der Waals surface area contributed by atoms with Crippen molar-refractivity contribution >= 4 is 5.97 Å². The summed E-state index contributed by atoms with van der Waals surface area (Å²) < 4.78 is 29.3. The Morgan fingerprint density at radius 3 is 2.26 bits per heavy atom. The van der Waals surface area contributed by atoms with Gasteiger partial charge in [0.25, 0.3) is 0 Å². The molecule has 2 aromatic carbocycles. The molecule has 0 spiro atoms. The highest BCUT2D eigenvalue weighted by atomic mass is 16.7. The number of ether oxygens (including phenoxy) is 5. The van der Waals surface area contributed by atoms with Crippen molar-refractivity contribution in [1.82, 2.24) is 0 Å². The van der Waals surface area contributed by atoms with Gasteiger partial charge in [0.15, 0.2) is 6.29 Å². The van der Waals surface area contributed by atoms with Crippen molar-refractivity contribution in [3.05, 3.63) is 54.1 Å². The number of benzene rings is 2. The molecule has 2 aliphatic carbocycles. The van der Waals surface area contributed by atoms with Crippen LogP contribution in [0.25, 0.3) is 0 Å². The van der Waals surface area contributed by atoms with E-state index in [4.69, 9.17) is 23.7 Å². The Morgan fingerprint density at radius 1 is 0.868 bits per heavy atom. The smallest absolute Gasteiger partial charge is 0.343 e. The molecule has 0 aromatic heterocycles. The molecular weight excluding hydrogens is 484 g/mol. The van der Waals surface area contributed by atoms with Gasteiger partial charge in [-0.1, -0.05) is 13.3 Å². The number of epoxide rings is 1. The minimum Gasteiger partial charge on any atom is -0.493 e. The summed E-state index contributed by atoms with van der Waals surface area (Å²) in [5.74, 6) is 2.46. The summed E-state index contributed by atoms with van der Waals surface area (Å²) in [6, 6.07) is 14.1. The first-order chi connectivity index (χ1) is 18.6. The van der Waals surface area contributed by atoms with E-state index in [0.29, 0.717) is 54.3 Å². The van der Waals surface area contributed by atoms with Crippen molar-refractivity contribution in [1.29, 1.82) is 0 Å². The van der Waals surface area contributed by atoms with E-state index < -0.39 is 5.97 Å². The highest BCUT2D eigenvalue weighted by Gasteiger charge is 2.43. The Labute approximate surface area is 225 Å². The first kappa shape index (κ1) is 27.0. The molecule has 7 heteroatoms. The lowest BCUT2D eigenvalue weighted by atomic mass is 9.88. The molecule has 1 aliphatic heterocycles. The van der Waals surface area contributed by atoms with Crippen LogP contribution in [0.15, 0.2) is 48.5 Å². The van der Waals surface area contributed by atoms with Gasteiger partial charge in [-0.15, -0.1) is 0 Å². The second kappa shape index (κ2) is 13.0. The van der Waals surface area contributed by atoms with E-state index in [1.165, 1.54) is 0 Å². The molecule has 1 saturated heterocycles. The average molecular weight is 525 g/mol. The largest absolute Gasteiger partial charge is 0.493 e. The number of aliphatic hydroxyl groups is 1. The Hall–Kier alpha value is -2.61. The molecule has 4 atom stereocenters. The van der Waals surface area contributed by atoms with Crippen molar-refractivity contribution in [3.8, 4) is 17.2 Å². The Bertz CT molecular complexity index is 1010. The second-order valence-electron chi connectivity index (χ2n) is 10.9. The van der Waals surface area contributed by atoms with Crippen molar-refractivity contribution < 1.29 is 33.6 Å². The molecule has 206 valence electrons. The number of fused-ring (bicyclic) bond motifs is 1. The lowest BCUT2D eigenvalue weighted by Gasteiger charge is -2.25. The normalized spacial score (nSPS) is 27.2. The van der Waals surface area contributed by atoms with Crippen molar-refractivity contribution in [3.63, 3.8) is 0 Å². The minimum atomic E-state index is -0.426. The average Bonchev–Trinajstić information content (AvgIpc) is 3.72. The maximum atomic E-state index is 12.7. The van der Waals surface area contributed by atoms with Gasteiger partial charge in [-0.25, -0.2) is 4.79 Å². The van der Waals surface area contributed by atoms with E-state index in [-0.39, 0.29) is 12.4 Å². The number of carbonyl (C=O) groups is 1. The molecule has 7 nitrogen and oxygen atoms in total. The van der Waals surface area contributed by atoms with Crippen LogP contribution in [0.5, 0.6) is 17.2 Å². The fraction of sp³-hybridized carbons (Fsp3) is 0.581. The lowest BCUT2D eigenvalue weighted by Crippen LogP contribution is -2.26. The van der Waals surface area contributed by atoms with E-state index in [0.717, 1.165) is 63.5 Å². The summed E-state index contributed by atoms with van der Waals surface area (Å²) in [6.07, 6.45) is 9.31. The number of rotatable bonds is 12. The molecule has 3 fully saturated rings. The lowest BCUT2D eigenvalue weighted by molar-refractivity contribution is -0.0981. The van der Waals surface area contributed by atoms with Gasteiger partial charge in [0.1, 0.15) is 17.2 Å². The molecule has 5 rings (SSSR count). The molecule has 0 amide bonds. The summed E-state index contributed by atoms with van der Waals surface area (Å²) >= 11 is 0. The molecule has 1 N–H and O–H groups in total. The van der Waals surface area contributed by atoms with Crippen molar-refractivity contribution in [2.24, 2.45) is 11.8 Å². The first-order valence-electron chi connectivity index (χ1n) is 14.2. The number of hydrogen-bond donors (Lipinski definition) is 1. The second-order valence-corrected chi connectivity index (χ2v) is 10.9. The minimum absolute atomic E-state index is 0.159. The fourth-order valence-corrected chi connectivity index (χ4v) is 5.41. The van der Waals surface area contributed by atoms with Crippen LogP contribution in [-0.4, -0.2) is 48.9 Å². The van der Waals surface area contributed by atoms with E-state index in [9.17, 15) is 9.90 Å². The summed E-state index contributed by atoms with van der Waals surface area (Å²) in [4.78, 5) is 12.7. The SMILES string of the molecule is CCCC(OCC1CCC2OC2C1)Oc1ccc(C(=O)Oc2ccc(OCC3CCC(O)CC3)cc2)cc1. The van der Waals surface area contributed by atoms with Crippen LogP contribution < -0.4 is 14.2 Å². The molecule has 0 bridgehead atoms. The molecule has 2 aromatic rings. The van der Waals surface area contributed by atoms with E-state index in [2.05, 4.69) is 6.92 Å². The summed E-state index contributed by atoms with van der Waals surface area (Å²) in [5.41, 5.74) is 0.450. The van der Waals surface area contributed by atoms with Crippen LogP contribution in [-0.2, 0) is 9.47 Å². The van der Waals surface area contributed by atoms with Gasteiger partial charge in [-0.3, -0.25) is 0 Å². The van der Waals surface area contributed by atoms with Crippen molar-refractivity contribution in [2.45, 2.75) is 89.3 Å². The molecule has 38 heavy (non-hydrogen) atoms. The van der Waals surface area contributed by atoms with E-state index in [1.54, 1.807) is 36.4 Å². The zero-order valence-corrected chi connectivity index (χ0v) is 22.3. The van der Waals surface area contributed by atoms with Gasteiger partial charge in [0, 0.05) is 6.42 Å². The molecule has 0 radical (unpaired) electrons. The monoisotopic (exact) mass is 524 g/mol. The summed E-state index contributed by atoms with van der Waals surface area (Å²) in [6.45, 7) is 3.45. The number of carbonyl (C=O) groups excluding carboxylic acids is 1. The number of hydrogen-bond acceptors (Lipinski definition) is 7. The molecule has 4 unspecified atom stereocenters. The van der Waals surface area contributed by atoms with Gasteiger partial charge in [0.05, 0.1) is 37.1 Å². The van der Waals surface area contributed by atoms with Gasteiger partial charge in [0.2, 0.25) is 0 Å². The maximum absolute atomic E-state index is 12.7. The third-order valence-corrected chi connectivity index (χ3v) is 7.85. The van der Waals surface area contributed by atoms with Gasteiger partial charge in [-0.05, 0) is 105 Å². The van der Waals surface area contributed by atoms with E-state index >= 15 is 0 Å². The maximum Gasteiger partial charge on any atom is 0.343 e. The fourth-order valence-electron chi connectivity index (χ4n) is 5.41. The van der Waals surface area contributed by atoms with Crippen LogP contribution in [0.3, 0.4) is 0 Å².